The van der Waals surface area contributed by atoms with E-state index in [4.69, 9.17) is 23.2 Å². The average molecular weight is 374 g/mol. The highest BCUT2D eigenvalue weighted by Gasteiger charge is 2.12. The van der Waals surface area contributed by atoms with Crippen molar-refractivity contribution < 1.29 is 9.18 Å². The number of hydrogen-bond acceptors (Lipinski definition) is 1. The molecule has 1 amide bonds. The minimum absolute atomic E-state index is 0.306. The maximum atomic E-state index is 14.5. The lowest BCUT2D eigenvalue weighted by molar-refractivity contribution is -0.114. The first-order valence-corrected chi connectivity index (χ1v) is 8.46. The second-order valence-electron chi connectivity index (χ2n) is 5.43. The van der Waals surface area contributed by atoms with Gasteiger partial charge in [0.15, 0.2) is 4.84 Å². The van der Waals surface area contributed by atoms with Crippen LogP contribution in [0.5, 0.6) is 0 Å². The van der Waals surface area contributed by atoms with E-state index in [-0.39, 0.29) is 5.82 Å². The van der Waals surface area contributed by atoms with Gasteiger partial charge in [0.25, 0.3) is 5.91 Å². The van der Waals surface area contributed by atoms with Crippen molar-refractivity contribution in [2.75, 3.05) is 5.32 Å². The SMILES string of the molecule is O=C(Nc1cccc(-c2ccc(-c3ccccc3)c(F)c2)c1)C(Cl)Cl. The van der Waals surface area contributed by atoms with E-state index in [1.54, 1.807) is 24.3 Å². The van der Waals surface area contributed by atoms with Crippen LogP contribution in [0.15, 0.2) is 72.8 Å². The van der Waals surface area contributed by atoms with Gasteiger partial charge >= 0.3 is 0 Å². The Morgan fingerprint density at radius 1 is 0.840 bits per heavy atom. The van der Waals surface area contributed by atoms with Gasteiger partial charge in [-0.05, 0) is 34.9 Å². The molecule has 2 nitrogen and oxygen atoms in total. The van der Waals surface area contributed by atoms with E-state index >= 15 is 0 Å². The molecule has 0 atom stereocenters. The highest BCUT2D eigenvalue weighted by Crippen LogP contribution is 2.29. The highest BCUT2D eigenvalue weighted by atomic mass is 35.5. The molecule has 126 valence electrons. The molecular formula is C20H14Cl2FNO. The molecule has 0 saturated carbocycles. The first-order chi connectivity index (χ1) is 12.0. The van der Waals surface area contributed by atoms with E-state index in [0.717, 1.165) is 11.1 Å². The molecular weight excluding hydrogens is 360 g/mol. The van der Waals surface area contributed by atoms with Crippen LogP contribution in [0.4, 0.5) is 10.1 Å². The Kier molecular flexibility index (Phi) is 5.37. The van der Waals surface area contributed by atoms with Gasteiger partial charge in [0.05, 0.1) is 0 Å². The maximum Gasteiger partial charge on any atom is 0.257 e. The second kappa shape index (κ2) is 7.68. The number of hydrogen-bond donors (Lipinski definition) is 1. The number of nitrogens with one attached hydrogen (secondary N) is 1. The van der Waals surface area contributed by atoms with Crippen molar-refractivity contribution >= 4 is 34.8 Å². The molecule has 0 saturated heterocycles. The average Bonchev–Trinajstić information content (AvgIpc) is 2.62. The van der Waals surface area contributed by atoms with Crippen molar-refractivity contribution in [3.63, 3.8) is 0 Å². The molecule has 0 aliphatic carbocycles. The summed E-state index contributed by atoms with van der Waals surface area (Å²) in [6, 6.07) is 21.5. The van der Waals surface area contributed by atoms with E-state index in [0.29, 0.717) is 16.8 Å². The summed E-state index contributed by atoms with van der Waals surface area (Å²) in [5.74, 6) is -0.814. The number of carbonyl (C=O) groups is 1. The van der Waals surface area contributed by atoms with Crippen LogP contribution in [0.2, 0.25) is 0 Å². The van der Waals surface area contributed by atoms with Crippen molar-refractivity contribution in [2.45, 2.75) is 4.84 Å². The molecule has 25 heavy (non-hydrogen) atoms. The van der Waals surface area contributed by atoms with Gasteiger partial charge in [-0.25, -0.2) is 4.39 Å². The van der Waals surface area contributed by atoms with E-state index in [1.807, 2.05) is 42.5 Å². The van der Waals surface area contributed by atoms with Crippen LogP contribution in [-0.2, 0) is 4.79 Å². The maximum absolute atomic E-state index is 14.5. The summed E-state index contributed by atoms with van der Waals surface area (Å²) in [7, 11) is 0. The Labute approximate surface area is 155 Å². The van der Waals surface area contributed by atoms with Crippen molar-refractivity contribution in [1.82, 2.24) is 0 Å². The Morgan fingerprint density at radius 2 is 1.52 bits per heavy atom. The van der Waals surface area contributed by atoms with Crippen molar-refractivity contribution in [1.29, 1.82) is 0 Å². The zero-order chi connectivity index (χ0) is 17.8. The quantitative estimate of drug-likeness (QED) is 0.566. The molecule has 0 spiro atoms. The Bertz CT molecular complexity index is 897. The smallest absolute Gasteiger partial charge is 0.257 e. The predicted molar refractivity (Wildman–Crippen MR) is 101 cm³/mol. The summed E-state index contributed by atoms with van der Waals surface area (Å²) >= 11 is 11.1. The highest BCUT2D eigenvalue weighted by molar-refractivity contribution is 6.54. The van der Waals surface area contributed by atoms with Gasteiger partial charge < -0.3 is 5.32 Å². The van der Waals surface area contributed by atoms with Gasteiger partial charge in [-0.3, -0.25) is 4.79 Å². The summed E-state index contributed by atoms with van der Waals surface area (Å²) in [4.78, 5) is 10.4. The summed E-state index contributed by atoms with van der Waals surface area (Å²) in [5, 5.41) is 2.61. The van der Waals surface area contributed by atoms with Crippen molar-refractivity contribution in [2.24, 2.45) is 0 Å². The molecule has 1 N–H and O–H groups in total. The lowest BCUT2D eigenvalue weighted by Crippen LogP contribution is -2.18. The van der Waals surface area contributed by atoms with Gasteiger partial charge in [0, 0.05) is 11.3 Å². The lowest BCUT2D eigenvalue weighted by Gasteiger charge is -2.10. The van der Waals surface area contributed by atoms with Gasteiger partial charge in [-0.15, -0.1) is 0 Å². The second-order valence-corrected chi connectivity index (χ2v) is 6.53. The molecule has 0 fully saturated rings. The van der Waals surface area contributed by atoms with Crippen LogP contribution in [0.1, 0.15) is 0 Å². The normalized spacial score (nSPS) is 10.7. The number of anilines is 1. The fourth-order valence-corrected chi connectivity index (χ4v) is 2.63. The zero-order valence-electron chi connectivity index (χ0n) is 13.0. The van der Waals surface area contributed by atoms with Crippen LogP contribution in [0, 0.1) is 5.82 Å². The van der Waals surface area contributed by atoms with Gasteiger partial charge in [0.2, 0.25) is 0 Å². The third kappa shape index (κ3) is 4.19. The molecule has 0 heterocycles. The monoisotopic (exact) mass is 373 g/mol. The third-order valence-electron chi connectivity index (χ3n) is 3.72. The minimum atomic E-state index is -1.15. The summed E-state index contributed by atoms with van der Waals surface area (Å²) in [6.07, 6.45) is 0. The molecule has 3 rings (SSSR count). The van der Waals surface area contributed by atoms with Crippen LogP contribution in [-0.4, -0.2) is 10.7 Å². The number of alkyl halides is 2. The fraction of sp³-hybridized carbons (Fsp3) is 0.0500. The van der Waals surface area contributed by atoms with Gasteiger partial charge in [0.1, 0.15) is 5.82 Å². The Balaban J connectivity index is 1.90. The lowest BCUT2D eigenvalue weighted by atomic mass is 9.99. The number of carbonyl (C=O) groups excluding carboxylic acids is 1. The summed E-state index contributed by atoms with van der Waals surface area (Å²) < 4.78 is 14.5. The number of rotatable bonds is 4. The van der Waals surface area contributed by atoms with Crippen LogP contribution in [0.3, 0.4) is 0 Å². The molecule has 5 heteroatoms. The molecule has 3 aromatic carbocycles. The molecule has 3 aromatic rings. The first-order valence-electron chi connectivity index (χ1n) is 7.59. The molecule has 0 aliphatic rings. The van der Waals surface area contributed by atoms with Gasteiger partial charge in [-0.1, -0.05) is 77.8 Å². The van der Waals surface area contributed by atoms with Crippen molar-refractivity contribution in [3.8, 4) is 22.3 Å². The number of amides is 1. The van der Waals surface area contributed by atoms with E-state index in [2.05, 4.69) is 5.32 Å². The van der Waals surface area contributed by atoms with E-state index in [1.165, 1.54) is 6.07 Å². The molecule has 0 unspecified atom stereocenters. The third-order valence-corrected chi connectivity index (χ3v) is 4.11. The molecule has 0 aromatic heterocycles. The first kappa shape index (κ1) is 17.5. The standard InChI is InChI=1S/C20H14Cl2FNO/c21-19(22)20(25)24-16-8-4-7-14(11-16)15-9-10-17(18(23)12-15)13-5-2-1-3-6-13/h1-12,19H,(H,24,25). The summed E-state index contributed by atoms with van der Waals surface area (Å²) in [5.41, 5.74) is 3.39. The van der Waals surface area contributed by atoms with Crippen LogP contribution < -0.4 is 5.32 Å². The van der Waals surface area contributed by atoms with E-state index in [9.17, 15) is 9.18 Å². The molecule has 0 bridgehead atoms. The molecule has 0 aliphatic heterocycles. The van der Waals surface area contributed by atoms with Gasteiger partial charge in [-0.2, -0.15) is 0 Å². The Hall–Kier alpha value is -2.36. The summed E-state index contributed by atoms with van der Waals surface area (Å²) in [6.45, 7) is 0. The minimum Gasteiger partial charge on any atom is -0.324 e. The zero-order valence-corrected chi connectivity index (χ0v) is 14.6. The van der Waals surface area contributed by atoms with Crippen molar-refractivity contribution in [3.05, 3.63) is 78.6 Å². The number of benzene rings is 3. The topological polar surface area (TPSA) is 29.1 Å². The number of halogens is 3. The largest absolute Gasteiger partial charge is 0.324 e. The Morgan fingerprint density at radius 3 is 2.20 bits per heavy atom. The predicted octanol–water partition coefficient (Wildman–Crippen LogP) is 5.90. The molecule has 0 radical (unpaired) electrons. The van der Waals surface area contributed by atoms with Crippen LogP contribution in [0.25, 0.3) is 22.3 Å². The fourth-order valence-electron chi connectivity index (χ4n) is 2.52. The van der Waals surface area contributed by atoms with E-state index < -0.39 is 10.7 Å². The van der Waals surface area contributed by atoms with Crippen LogP contribution >= 0.6 is 23.2 Å².